The molecule has 2 N–H and O–H groups in total. The van der Waals surface area contributed by atoms with Gasteiger partial charge in [0.1, 0.15) is 5.69 Å². The lowest BCUT2D eigenvalue weighted by molar-refractivity contribution is 0.0911. The van der Waals surface area contributed by atoms with E-state index in [9.17, 15) is 4.79 Å². The molecule has 0 aliphatic rings. The first-order chi connectivity index (χ1) is 7.02. The van der Waals surface area contributed by atoms with Gasteiger partial charge in [0.2, 0.25) is 0 Å². The Bertz CT molecular complexity index is 331. The van der Waals surface area contributed by atoms with Gasteiger partial charge in [-0.1, -0.05) is 0 Å². The van der Waals surface area contributed by atoms with Crippen LogP contribution in [0.15, 0.2) is 12.3 Å². The summed E-state index contributed by atoms with van der Waals surface area (Å²) in [6.45, 7) is 5.79. The van der Waals surface area contributed by atoms with E-state index in [-0.39, 0.29) is 18.5 Å². The highest BCUT2D eigenvalue weighted by Gasteiger charge is 2.13. The predicted octanol–water partition coefficient (Wildman–Crippen LogP) is 0.575. The van der Waals surface area contributed by atoms with Crippen molar-refractivity contribution >= 4 is 5.91 Å². The van der Waals surface area contributed by atoms with E-state index in [0.29, 0.717) is 5.69 Å². The number of nitrogens with zero attached hydrogens (tertiary/aromatic N) is 2. The van der Waals surface area contributed by atoms with Crippen LogP contribution in [0.3, 0.4) is 0 Å². The van der Waals surface area contributed by atoms with Crippen LogP contribution in [0.2, 0.25) is 0 Å². The molecule has 1 aromatic rings. The summed E-state index contributed by atoms with van der Waals surface area (Å²) in [7, 11) is 0. The summed E-state index contributed by atoms with van der Waals surface area (Å²) in [6, 6.07) is 1.81. The quantitative estimate of drug-likeness (QED) is 0.765. The van der Waals surface area contributed by atoms with Crippen LogP contribution in [0, 0.1) is 0 Å². The molecule has 1 rings (SSSR count). The third-order valence-corrected chi connectivity index (χ3v) is 1.95. The van der Waals surface area contributed by atoms with Crippen LogP contribution in [-0.4, -0.2) is 33.4 Å². The van der Waals surface area contributed by atoms with Crippen molar-refractivity contribution in [3.05, 3.63) is 18.0 Å². The number of amides is 1. The number of aliphatic hydroxyl groups is 1. The number of hydrogen-bond acceptors (Lipinski definition) is 3. The topological polar surface area (TPSA) is 67.2 Å². The first kappa shape index (κ1) is 11.7. The minimum Gasteiger partial charge on any atom is -0.392 e. The van der Waals surface area contributed by atoms with E-state index in [1.165, 1.54) is 0 Å². The lowest BCUT2D eigenvalue weighted by atomic mass is 10.3. The summed E-state index contributed by atoms with van der Waals surface area (Å²) in [6.07, 6.45) is 1.06. The van der Waals surface area contributed by atoms with Crippen molar-refractivity contribution < 1.29 is 9.90 Å². The Morgan fingerprint density at radius 1 is 1.60 bits per heavy atom. The summed E-state index contributed by atoms with van der Waals surface area (Å²) in [5.74, 6) is -0.206. The molecule has 1 atom stereocenters. The zero-order chi connectivity index (χ0) is 11.4. The molecule has 1 amide bonds. The molecule has 84 valence electrons. The van der Waals surface area contributed by atoms with Crippen LogP contribution in [-0.2, 0) is 0 Å². The molecule has 0 spiro atoms. The Morgan fingerprint density at radius 2 is 2.27 bits per heavy atom. The Morgan fingerprint density at radius 3 is 2.80 bits per heavy atom. The maximum absolute atomic E-state index is 11.7. The summed E-state index contributed by atoms with van der Waals surface area (Å²) in [5.41, 5.74) is 0.519. The smallest absolute Gasteiger partial charge is 0.269 e. The lowest BCUT2D eigenvalue weighted by Crippen LogP contribution is -2.32. The SMILES string of the molecule is CC(O)CNC(=O)c1ccnn1C(C)C. The van der Waals surface area contributed by atoms with Crippen LogP contribution in [0.4, 0.5) is 0 Å². The van der Waals surface area contributed by atoms with Gasteiger partial charge in [-0.25, -0.2) is 0 Å². The van der Waals surface area contributed by atoms with E-state index >= 15 is 0 Å². The number of aromatic nitrogens is 2. The molecule has 0 aliphatic heterocycles. The molecule has 0 saturated carbocycles. The van der Waals surface area contributed by atoms with Crippen molar-refractivity contribution in [2.45, 2.75) is 32.9 Å². The Labute approximate surface area is 89.1 Å². The minimum absolute atomic E-state index is 0.146. The fourth-order valence-electron chi connectivity index (χ4n) is 1.24. The zero-order valence-electron chi connectivity index (χ0n) is 9.27. The fourth-order valence-corrected chi connectivity index (χ4v) is 1.24. The van der Waals surface area contributed by atoms with Crippen LogP contribution in [0.25, 0.3) is 0 Å². The Balaban J connectivity index is 2.69. The van der Waals surface area contributed by atoms with Crippen molar-refractivity contribution in [1.82, 2.24) is 15.1 Å². The van der Waals surface area contributed by atoms with Gasteiger partial charge in [0.05, 0.1) is 6.10 Å². The van der Waals surface area contributed by atoms with E-state index < -0.39 is 6.10 Å². The molecule has 15 heavy (non-hydrogen) atoms. The van der Waals surface area contributed by atoms with Gasteiger partial charge >= 0.3 is 0 Å². The van der Waals surface area contributed by atoms with Gasteiger partial charge in [-0.3, -0.25) is 9.48 Å². The normalized spacial score (nSPS) is 12.9. The summed E-state index contributed by atoms with van der Waals surface area (Å²) in [4.78, 5) is 11.7. The number of carbonyl (C=O) groups is 1. The largest absolute Gasteiger partial charge is 0.392 e. The highest BCUT2D eigenvalue weighted by atomic mass is 16.3. The molecule has 1 aromatic heterocycles. The standard InChI is InChI=1S/C10H17N3O2/c1-7(2)13-9(4-5-12-13)10(15)11-6-8(3)14/h4-5,7-8,14H,6H2,1-3H3,(H,11,15). The predicted molar refractivity (Wildman–Crippen MR) is 56.6 cm³/mol. The maximum Gasteiger partial charge on any atom is 0.269 e. The number of carbonyl (C=O) groups excluding carboxylic acids is 1. The van der Waals surface area contributed by atoms with Crippen molar-refractivity contribution in [2.24, 2.45) is 0 Å². The van der Waals surface area contributed by atoms with Crippen molar-refractivity contribution in [2.75, 3.05) is 6.54 Å². The van der Waals surface area contributed by atoms with Crippen LogP contribution in [0.5, 0.6) is 0 Å². The first-order valence-corrected chi connectivity index (χ1v) is 5.02. The second-order valence-electron chi connectivity index (χ2n) is 3.81. The Hall–Kier alpha value is -1.36. The third kappa shape index (κ3) is 3.06. The summed E-state index contributed by atoms with van der Waals surface area (Å²) >= 11 is 0. The minimum atomic E-state index is -0.538. The molecule has 1 heterocycles. The molecule has 5 heteroatoms. The number of hydrogen-bond donors (Lipinski definition) is 2. The molecule has 0 saturated heterocycles. The lowest BCUT2D eigenvalue weighted by Gasteiger charge is -2.11. The van der Waals surface area contributed by atoms with Crippen LogP contribution >= 0.6 is 0 Å². The number of aliphatic hydroxyl groups excluding tert-OH is 1. The molecule has 5 nitrogen and oxygen atoms in total. The zero-order valence-corrected chi connectivity index (χ0v) is 9.27. The second kappa shape index (κ2) is 4.93. The number of rotatable bonds is 4. The monoisotopic (exact) mass is 211 g/mol. The average Bonchev–Trinajstić information content (AvgIpc) is 2.62. The van der Waals surface area contributed by atoms with Gasteiger partial charge in [0.25, 0.3) is 5.91 Å². The van der Waals surface area contributed by atoms with Gasteiger partial charge < -0.3 is 10.4 Å². The van der Waals surface area contributed by atoms with Gasteiger partial charge in [-0.15, -0.1) is 0 Å². The van der Waals surface area contributed by atoms with Gasteiger partial charge in [-0.05, 0) is 26.8 Å². The highest BCUT2D eigenvalue weighted by molar-refractivity contribution is 5.92. The van der Waals surface area contributed by atoms with Crippen molar-refractivity contribution in [3.63, 3.8) is 0 Å². The highest BCUT2D eigenvalue weighted by Crippen LogP contribution is 2.07. The average molecular weight is 211 g/mol. The maximum atomic E-state index is 11.7. The van der Waals surface area contributed by atoms with Crippen molar-refractivity contribution in [3.8, 4) is 0 Å². The Kier molecular flexibility index (Phi) is 3.85. The van der Waals surface area contributed by atoms with Crippen molar-refractivity contribution in [1.29, 1.82) is 0 Å². The number of nitrogens with one attached hydrogen (secondary N) is 1. The third-order valence-electron chi connectivity index (χ3n) is 1.95. The molecule has 0 aromatic carbocycles. The molecule has 0 bridgehead atoms. The molecular formula is C10H17N3O2. The summed E-state index contributed by atoms with van der Waals surface area (Å²) < 4.78 is 1.65. The van der Waals surface area contributed by atoms with Crippen LogP contribution < -0.4 is 5.32 Å². The summed E-state index contributed by atoms with van der Waals surface area (Å²) in [5, 5.41) is 15.7. The van der Waals surface area contributed by atoms with E-state index in [2.05, 4.69) is 10.4 Å². The molecule has 0 fully saturated rings. The van der Waals surface area contributed by atoms with E-state index in [1.54, 1.807) is 23.9 Å². The molecule has 0 aliphatic carbocycles. The second-order valence-corrected chi connectivity index (χ2v) is 3.81. The van der Waals surface area contributed by atoms with Gasteiger partial charge in [-0.2, -0.15) is 5.10 Å². The van der Waals surface area contributed by atoms with Gasteiger partial charge in [0, 0.05) is 18.8 Å². The fraction of sp³-hybridized carbons (Fsp3) is 0.600. The molecule has 0 radical (unpaired) electrons. The van der Waals surface area contributed by atoms with E-state index in [4.69, 9.17) is 5.11 Å². The van der Waals surface area contributed by atoms with Gasteiger partial charge in [0.15, 0.2) is 0 Å². The van der Waals surface area contributed by atoms with Crippen LogP contribution in [0.1, 0.15) is 37.3 Å². The van der Waals surface area contributed by atoms with E-state index in [0.717, 1.165) is 0 Å². The first-order valence-electron chi connectivity index (χ1n) is 5.02. The molecule has 1 unspecified atom stereocenters. The molecular weight excluding hydrogens is 194 g/mol. The van der Waals surface area contributed by atoms with E-state index in [1.807, 2.05) is 13.8 Å².